The van der Waals surface area contributed by atoms with Crippen molar-refractivity contribution in [2.45, 2.75) is 0 Å². The highest BCUT2D eigenvalue weighted by Crippen LogP contribution is 2.19. The largest absolute Gasteiger partial charge is 0.457 e. The van der Waals surface area contributed by atoms with Crippen LogP contribution in [0.4, 0.5) is 0 Å². The van der Waals surface area contributed by atoms with Gasteiger partial charge in [-0.3, -0.25) is 0 Å². The zero-order chi connectivity index (χ0) is 11.6. The summed E-state index contributed by atoms with van der Waals surface area (Å²) in [4.78, 5) is 0. The van der Waals surface area contributed by atoms with Crippen LogP contribution in [-0.2, 0) is 0 Å². The Morgan fingerprint density at radius 2 is 1.00 bits per heavy atom. The summed E-state index contributed by atoms with van der Waals surface area (Å²) in [7, 11) is 0. The molecule has 0 atom stereocenters. The third-order valence-corrected chi connectivity index (χ3v) is 1.72. The minimum Gasteiger partial charge on any atom is -0.457 e. The molecular weight excluding hydrogens is 200 g/mol. The monoisotopic (exact) mass is 212 g/mol. The van der Waals surface area contributed by atoms with Crippen LogP contribution in [0.2, 0.25) is 0 Å². The van der Waals surface area contributed by atoms with Crippen molar-refractivity contribution >= 4 is 6.01 Å². The highest BCUT2D eigenvalue weighted by atomic mass is 16.5. The van der Waals surface area contributed by atoms with E-state index < -0.39 is 0 Å². The van der Waals surface area contributed by atoms with Crippen LogP contribution >= 0.6 is 0 Å². The summed E-state index contributed by atoms with van der Waals surface area (Å²) >= 11 is 0. The van der Waals surface area contributed by atoms with E-state index in [1.807, 2.05) is 60.7 Å². The lowest BCUT2D eigenvalue weighted by Crippen LogP contribution is -1.81. The fraction of sp³-hybridized carbons (Fsp3) is 0. The predicted molar refractivity (Wildman–Crippen MR) is 63.4 cm³/mol. The second kappa shape index (κ2) is 6.98. The second-order valence-electron chi connectivity index (χ2n) is 2.85. The first-order valence-electron chi connectivity index (χ1n) is 4.73. The molecule has 0 bridgehead atoms. The number of ether oxygens (including phenoxy) is 1. The molecule has 3 nitrogen and oxygen atoms in total. The van der Waals surface area contributed by atoms with Gasteiger partial charge in [0.25, 0.3) is 0 Å². The van der Waals surface area contributed by atoms with Gasteiger partial charge >= 0.3 is 0 Å². The molecule has 0 fully saturated rings. The lowest BCUT2D eigenvalue weighted by molar-refractivity contribution is 0.482. The number of hydrogen-bond donors (Lipinski definition) is 2. The maximum atomic E-state index is 5.62. The SMILES string of the molecule is N=C=N.c1ccc(Oc2ccccc2)cc1. The molecular formula is C13H12N2O. The third kappa shape index (κ3) is 4.22. The highest BCUT2D eigenvalue weighted by molar-refractivity contribution is 5.30. The molecule has 0 aromatic heterocycles. The van der Waals surface area contributed by atoms with Gasteiger partial charge in [-0.05, 0) is 24.3 Å². The van der Waals surface area contributed by atoms with E-state index in [1.165, 1.54) is 6.01 Å². The van der Waals surface area contributed by atoms with Crippen LogP contribution in [0.25, 0.3) is 0 Å². The molecule has 2 aromatic carbocycles. The summed E-state index contributed by atoms with van der Waals surface area (Å²) in [6.45, 7) is 0. The van der Waals surface area contributed by atoms with Crippen LogP contribution in [0, 0.1) is 10.8 Å². The van der Waals surface area contributed by atoms with Crippen LogP contribution in [0.3, 0.4) is 0 Å². The van der Waals surface area contributed by atoms with E-state index in [9.17, 15) is 0 Å². The molecule has 0 spiro atoms. The van der Waals surface area contributed by atoms with Gasteiger partial charge in [-0.1, -0.05) is 36.4 Å². The van der Waals surface area contributed by atoms with Crippen molar-refractivity contribution in [2.24, 2.45) is 0 Å². The molecule has 0 saturated carbocycles. The topological polar surface area (TPSA) is 56.9 Å². The van der Waals surface area contributed by atoms with Crippen LogP contribution in [0.1, 0.15) is 0 Å². The summed E-state index contributed by atoms with van der Waals surface area (Å²) in [5.74, 6) is 1.74. The maximum absolute atomic E-state index is 5.62. The Morgan fingerprint density at radius 1 is 0.688 bits per heavy atom. The third-order valence-electron chi connectivity index (χ3n) is 1.72. The zero-order valence-corrected chi connectivity index (χ0v) is 8.68. The summed E-state index contributed by atoms with van der Waals surface area (Å²) in [5.41, 5.74) is 0. The van der Waals surface area contributed by atoms with Gasteiger partial charge in [0.2, 0.25) is 0 Å². The first-order chi connectivity index (χ1) is 7.86. The molecule has 0 unspecified atom stereocenters. The first-order valence-corrected chi connectivity index (χ1v) is 4.73. The van der Waals surface area contributed by atoms with Crippen molar-refractivity contribution in [3.8, 4) is 11.5 Å². The summed E-state index contributed by atoms with van der Waals surface area (Å²) < 4.78 is 5.58. The van der Waals surface area contributed by atoms with E-state index in [1.54, 1.807) is 0 Å². The Hall–Kier alpha value is -2.38. The van der Waals surface area contributed by atoms with Gasteiger partial charge in [0, 0.05) is 0 Å². The van der Waals surface area contributed by atoms with Crippen LogP contribution in [0.15, 0.2) is 60.7 Å². The Bertz CT molecular complexity index is 397. The van der Waals surface area contributed by atoms with Gasteiger partial charge < -0.3 is 4.74 Å². The fourth-order valence-electron chi connectivity index (χ4n) is 1.11. The van der Waals surface area contributed by atoms with E-state index >= 15 is 0 Å². The molecule has 0 radical (unpaired) electrons. The summed E-state index contributed by atoms with van der Waals surface area (Å²) in [5, 5.41) is 11.2. The van der Waals surface area contributed by atoms with Crippen molar-refractivity contribution in [1.29, 1.82) is 10.8 Å². The average molecular weight is 212 g/mol. The van der Waals surface area contributed by atoms with Crippen molar-refractivity contribution in [3.63, 3.8) is 0 Å². The lowest BCUT2D eigenvalue weighted by atomic mass is 10.3. The normalized spacial score (nSPS) is 8.25. The lowest BCUT2D eigenvalue weighted by Gasteiger charge is -2.03. The zero-order valence-electron chi connectivity index (χ0n) is 8.68. The van der Waals surface area contributed by atoms with E-state index in [2.05, 4.69) is 0 Å². The van der Waals surface area contributed by atoms with E-state index in [-0.39, 0.29) is 0 Å². The van der Waals surface area contributed by atoms with Gasteiger partial charge in [-0.15, -0.1) is 0 Å². The Balaban J connectivity index is 0.000000386. The van der Waals surface area contributed by atoms with Gasteiger partial charge in [-0.2, -0.15) is 0 Å². The van der Waals surface area contributed by atoms with Gasteiger partial charge in [0.15, 0.2) is 0 Å². The van der Waals surface area contributed by atoms with Gasteiger partial charge in [0.05, 0.1) is 6.01 Å². The van der Waals surface area contributed by atoms with Crippen molar-refractivity contribution in [2.75, 3.05) is 0 Å². The first kappa shape index (κ1) is 11.7. The van der Waals surface area contributed by atoms with Crippen molar-refractivity contribution in [1.82, 2.24) is 0 Å². The van der Waals surface area contributed by atoms with Gasteiger partial charge in [0.1, 0.15) is 11.5 Å². The van der Waals surface area contributed by atoms with Crippen molar-refractivity contribution in [3.05, 3.63) is 60.7 Å². The molecule has 3 heteroatoms. The summed E-state index contributed by atoms with van der Waals surface area (Å²) in [6, 6.07) is 20.8. The number of nitrogens with one attached hydrogen (secondary N) is 2. The van der Waals surface area contributed by atoms with E-state index in [0.29, 0.717) is 0 Å². The molecule has 80 valence electrons. The van der Waals surface area contributed by atoms with Crippen molar-refractivity contribution < 1.29 is 4.74 Å². The molecule has 0 heterocycles. The molecule has 0 aliphatic carbocycles. The van der Waals surface area contributed by atoms with E-state index in [4.69, 9.17) is 15.6 Å². The standard InChI is InChI=1S/C12H10O.CH2N2/c1-3-7-11(8-4-1)13-12-9-5-2-6-10-12;2-1-3/h1-10H;2-3H. The predicted octanol–water partition coefficient (Wildman–Crippen LogP) is 3.80. The quantitative estimate of drug-likeness (QED) is 0.731. The molecule has 2 N–H and O–H groups in total. The summed E-state index contributed by atoms with van der Waals surface area (Å²) in [6.07, 6.45) is 0. The Labute approximate surface area is 94.3 Å². The number of rotatable bonds is 2. The second-order valence-corrected chi connectivity index (χ2v) is 2.85. The minimum atomic E-state index is 0.869. The van der Waals surface area contributed by atoms with Crippen LogP contribution in [0.5, 0.6) is 11.5 Å². The molecule has 0 aliphatic rings. The van der Waals surface area contributed by atoms with E-state index in [0.717, 1.165) is 11.5 Å². The number of hydrogen-bond acceptors (Lipinski definition) is 3. The molecule has 16 heavy (non-hydrogen) atoms. The average Bonchev–Trinajstić information content (AvgIpc) is 2.33. The molecule has 2 rings (SSSR count). The Kier molecular flexibility index (Phi) is 5.10. The molecule has 0 aliphatic heterocycles. The molecule has 0 saturated heterocycles. The maximum Gasteiger partial charge on any atom is 0.127 e. The fourth-order valence-corrected chi connectivity index (χ4v) is 1.11. The Morgan fingerprint density at radius 3 is 1.31 bits per heavy atom. The highest BCUT2D eigenvalue weighted by Gasteiger charge is 1.92. The number of para-hydroxylation sites is 2. The minimum absolute atomic E-state index is 0.869. The van der Waals surface area contributed by atoms with Crippen LogP contribution < -0.4 is 4.74 Å². The smallest absolute Gasteiger partial charge is 0.127 e. The van der Waals surface area contributed by atoms with Gasteiger partial charge in [-0.25, -0.2) is 10.8 Å². The number of benzene rings is 2. The molecule has 0 amide bonds. The van der Waals surface area contributed by atoms with Crippen LogP contribution in [-0.4, -0.2) is 6.01 Å². The molecule has 2 aromatic rings.